The summed E-state index contributed by atoms with van der Waals surface area (Å²) >= 11 is 0. The third-order valence-corrected chi connectivity index (χ3v) is 5.19. The van der Waals surface area contributed by atoms with Crippen molar-refractivity contribution in [1.82, 2.24) is 5.32 Å². The van der Waals surface area contributed by atoms with Gasteiger partial charge in [0.1, 0.15) is 11.6 Å². The highest BCUT2D eigenvalue weighted by molar-refractivity contribution is 5.90. The second-order valence-corrected chi connectivity index (χ2v) is 8.81. The number of anilines is 1. The highest BCUT2D eigenvalue weighted by Gasteiger charge is 2.09. The average Bonchev–Trinajstić information content (AvgIpc) is 2.80. The van der Waals surface area contributed by atoms with E-state index in [0.29, 0.717) is 44.7 Å². The van der Waals surface area contributed by atoms with Gasteiger partial charge < -0.3 is 20.1 Å². The topological polar surface area (TPSA) is 111 Å². The maximum Gasteiger partial charge on any atom is 0.226 e. The van der Waals surface area contributed by atoms with Gasteiger partial charge in [0.15, 0.2) is 0 Å². The third-order valence-electron chi connectivity index (χ3n) is 5.19. The van der Waals surface area contributed by atoms with Gasteiger partial charge in [0, 0.05) is 43.3 Å². The number of aryl methyl sites for hydroxylation is 1. The Balaban J connectivity index is 2.06. The number of nitrogens with one attached hydrogen (secondary N) is 2. The summed E-state index contributed by atoms with van der Waals surface area (Å²) in [4.78, 5) is 47.0. The Hall–Kier alpha value is -2.58. The Labute approximate surface area is 203 Å². The number of hydrogen-bond acceptors (Lipinski definition) is 6. The Morgan fingerprint density at radius 3 is 1.85 bits per heavy atom. The molecule has 0 unspecified atom stereocenters. The third kappa shape index (κ3) is 13.9. The summed E-state index contributed by atoms with van der Waals surface area (Å²) in [5.41, 5.74) is 1.76. The monoisotopic (exact) mass is 476 g/mol. The van der Waals surface area contributed by atoms with Crippen LogP contribution >= 0.6 is 0 Å². The Morgan fingerprint density at radius 2 is 1.24 bits per heavy atom. The van der Waals surface area contributed by atoms with Crippen molar-refractivity contribution in [3.63, 3.8) is 0 Å². The zero-order chi connectivity index (χ0) is 25.3. The number of ketones is 2. The van der Waals surface area contributed by atoms with E-state index in [4.69, 9.17) is 9.47 Å². The van der Waals surface area contributed by atoms with Gasteiger partial charge in [-0.3, -0.25) is 19.2 Å². The van der Waals surface area contributed by atoms with Crippen molar-refractivity contribution in [3.8, 4) is 0 Å². The lowest BCUT2D eigenvalue weighted by atomic mass is 10.0. The minimum Gasteiger partial charge on any atom is -0.380 e. The fraction of sp³-hybridized carbons (Fsp3) is 0.615. The smallest absolute Gasteiger partial charge is 0.226 e. The average molecular weight is 477 g/mol. The standard InChI is InChI=1S/C26H40N2O6/c1-19(2)23(29)10-7-21-5-8-22(9-6-21)28-26(32)13-17-34-18-14-27-25(31)12-16-33-15-11-24(30)20(3)4/h5-6,8-9,19-20H,7,10-18H2,1-4H3,(H,27,31)(H,28,32). The minimum atomic E-state index is -0.153. The molecule has 0 aromatic heterocycles. The molecule has 190 valence electrons. The molecule has 34 heavy (non-hydrogen) atoms. The summed E-state index contributed by atoms with van der Waals surface area (Å²) in [5.74, 6) is 0.155. The molecule has 2 N–H and O–H groups in total. The minimum absolute atomic E-state index is 0.00261. The fourth-order valence-corrected chi connectivity index (χ4v) is 2.88. The molecular weight excluding hydrogens is 436 g/mol. The van der Waals surface area contributed by atoms with Gasteiger partial charge in [-0.2, -0.15) is 0 Å². The Bertz CT molecular complexity index is 774. The fourth-order valence-electron chi connectivity index (χ4n) is 2.88. The van der Waals surface area contributed by atoms with E-state index in [1.165, 1.54) is 0 Å². The molecule has 0 aliphatic rings. The molecule has 0 heterocycles. The van der Waals surface area contributed by atoms with Crippen LogP contribution in [0.3, 0.4) is 0 Å². The van der Waals surface area contributed by atoms with Crippen LogP contribution in [0.1, 0.15) is 58.9 Å². The van der Waals surface area contributed by atoms with Crippen molar-refractivity contribution in [2.75, 3.05) is 38.3 Å². The van der Waals surface area contributed by atoms with Crippen molar-refractivity contribution in [1.29, 1.82) is 0 Å². The molecule has 0 aliphatic carbocycles. The van der Waals surface area contributed by atoms with Crippen LogP contribution in [-0.2, 0) is 35.1 Å². The Kier molecular flexibility index (Phi) is 14.7. The first kappa shape index (κ1) is 29.5. The molecule has 0 fully saturated rings. The SMILES string of the molecule is CC(C)C(=O)CCOCCC(=O)NCCOCCC(=O)Nc1ccc(CCC(=O)C(C)C)cc1. The quantitative estimate of drug-likeness (QED) is 0.315. The van der Waals surface area contributed by atoms with Crippen molar-refractivity contribution in [2.45, 2.75) is 59.8 Å². The molecule has 0 saturated heterocycles. The van der Waals surface area contributed by atoms with Gasteiger partial charge >= 0.3 is 0 Å². The van der Waals surface area contributed by atoms with E-state index in [0.717, 1.165) is 5.56 Å². The van der Waals surface area contributed by atoms with Crippen molar-refractivity contribution in [3.05, 3.63) is 29.8 Å². The normalized spacial score (nSPS) is 11.0. The van der Waals surface area contributed by atoms with E-state index in [-0.39, 0.29) is 61.3 Å². The molecule has 0 bridgehead atoms. The largest absolute Gasteiger partial charge is 0.380 e. The maximum absolute atomic E-state index is 12.0. The highest BCUT2D eigenvalue weighted by Crippen LogP contribution is 2.13. The summed E-state index contributed by atoms with van der Waals surface area (Å²) in [6.07, 6.45) is 2.02. The summed E-state index contributed by atoms with van der Waals surface area (Å²) in [7, 11) is 0. The molecule has 1 aromatic carbocycles. The molecule has 0 atom stereocenters. The van der Waals surface area contributed by atoms with Crippen LogP contribution in [-0.4, -0.2) is 56.4 Å². The summed E-state index contributed by atoms with van der Waals surface area (Å²) in [5, 5.41) is 5.54. The van der Waals surface area contributed by atoms with Crippen LogP contribution < -0.4 is 10.6 Å². The molecule has 1 rings (SSSR count). The molecule has 0 spiro atoms. The van der Waals surface area contributed by atoms with Crippen molar-refractivity contribution in [2.24, 2.45) is 11.8 Å². The van der Waals surface area contributed by atoms with Crippen LogP contribution in [0.2, 0.25) is 0 Å². The van der Waals surface area contributed by atoms with Gasteiger partial charge in [-0.15, -0.1) is 0 Å². The zero-order valence-corrected chi connectivity index (χ0v) is 21.0. The molecule has 0 saturated carbocycles. The highest BCUT2D eigenvalue weighted by atomic mass is 16.5. The van der Waals surface area contributed by atoms with Gasteiger partial charge in [-0.1, -0.05) is 39.8 Å². The number of rotatable bonds is 18. The molecule has 8 nitrogen and oxygen atoms in total. The second-order valence-electron chi connectivity index (χ2n) is 8.81. The number of ether oxygens (including phenoxy) is 2. The molecule has 8 heteroatoms. The number of carbonyl (C=O) groups excluding carboxylic acids is 4. The number of Topliss-reactive ketones (excluding diaryl/α,β-unsaturated/α-hetero) is 2. The van der Waals surface area contributed by atoms with Crippen LogP contribution in [0.4, 0.5) is 5.69 Å². The van der Waals surface area contributed by atoms with Gasteiger partial charge in [0.05, 0.1) is 32.8 Å². The maximum atomic E-state index is 12.0. The Morgan fingerprint density at radius 1 is 0.706 bits per heavy atom. The molecule has 2 amide bonds. The van der Waals surface area contributed by atoms with Crippen LogP contribution in [0, 0.1) is 11.8 Å². The predicted molar refractivity (Wildman–Crippen MR) is 132 cm³/mol. The van der Waals surface area contributed by atoms with Gasteiger partial charge in [0.25, 0.3) is 0 Å². The van der Waals surface area contributed by atoms with Crippen LogP contribution in [0.25, 0.3) is 0 Å². The molecule has 0 aliphatic heterocycles. The van der Waals surface area contributed by atoms with E-state index in [9.17, 15) is 19.2 Å². The lowest BCUT2D eigenvalue weighted by molar-refractivity contribution is -0.124. The van der Waals surface area contributed by atoms with Crippen molar-refractivity contribution >= 4 is 29.1 Å². The van der Waals surface area contributed by atoms with E-state index >= 15 is 0 Å². The van der Waals surface area contributed by atoms with Crippen molar-refractivity contribution < 1.29 is 28.7 Å². The predicted octanol–water partition coefficient (Wildman–Crippen LogP) is 3.33. The van der Waals surface area contributed by atoms with Gasteiger partial charge in [-0.25, -0.2) is 0 Å². The van der Waals surface area contributed by atoms with E-state index < -0.39 is 0 Å². The zero-order valence-electron chi connectivity index (χ0n) is 21.0. The first-order valence-electron chi connectivity index (χ1n) is 12.1. The number of carbonyl (C=O) groups is 4. The summed E-state index contributed by atoms with van der Waals surface area (Å²) in [6.45, 7) is 9.03. The molecular formula is C26H40N2O6. The molecule has 0 radical (unpaired) electrons. The number of amides is 2. The lowest BCUT2D eigenvalue weighted by Gasteiger charge is -2.09. The molecule has 1 aromatic rings. The first-order valence-corrected chi connectivity index (χ1v) is 12.1. The van der Waals surface area contributed by atoms with E-state index in [1.807, 2.05) is 52.0 Å². The second kappa shape index (κ2) is 16.9. The number of hydrogen-bond donors (Lipinski definition) is 2. The summed E-state index contributed by atoms with van der Waals surface area (Å²) < 4.78 is 10.7. The number of benzene rings is 1. The van der Waals surface area contributed by atoms with Gasteiger partial charge in [-0.05, 0) is 24.1 Å². The van der Waals surface area contributed by atoms with E-state index in [1.54, 1.807) is 0 Å². The van der Waals surface area contributed by atoms with E-state index in [2.05, 4.69) is 10.6 Å². The van der Waals surface area contributed by atoms with Gasteiger partial charge in [0.2, 0.25) is 11.8 Å². The first-order chi connectivity index (χ1) is 16.2. The van der Waals surface area contributed by atoms with Crippen LogP contribution in [0.15, 0.2) is 24.3 Å². The van der Waals surface area contributed by atoms with Crippen LogP contribution in [0.5, 0.6) is 0 Å². The summed E-state index contributed by atoms with van der Waals surface area (Å²) in [6, 6.07) is 7.49. The lowest BCUT2D eigenvalue weighted by Crippen LogP contribution is -2.28.